The van der Waals surface area contributed by atoms with Crippen LogP contribution in [0.2, 0.25) is 0 Å². The second kappa shape index (κ2) is 6.91. The quantitative estimate of drug-likeness (QED) is 0.832. The van der Waals surface area contributed by atoms with Crippen molar-refractivity contribution in [3.8, 4) is 0 Å². The van der Waals surface area contributed by atoms with Crippen molar-refractivity contribution in [1.82, 2.24) is 15.8 Å². The summed E-state index contributed by atoms with van der Waals surface area (Å²) in [7, 11) is 0. The molecule has 7 nitrogen and oxygen atoms in total. The molecule has 0 aliphatic carbocycles. The number of nitrogens with one attached hydrogen (secondary N) is 2. The van der Waals surface area contributed by atoms with Crippen molar-refractivity contribution in [2.24, 2.45) is 0 Å². The molecule has 3 rings (SSSR count). The van der Waals surface area contributed by atoms with Crippen LogP contribution in [0.5, 0.6) is 0 Å². The molecule has 2 aromatic rings. The van der Waals surface area contributed by atoms with Gasteiger partial charge < -0.3 is 4.90 Å². The van der Waals surface area contributed by atoms with Crippen LogP contribution in [0.1, 0.15) is 33.7 Å². The molecule has 122 valence electrons. The van der Waals surface area contributed by atoms with Gasteiger partial charge in [-0.3, -0.25) is 30.2 Å². The number of pyridine rings is 1. The van der Waals surface area contributed by atoms with Crippen LogP contribution >= 0.6 is 0 Å². The van der Waals surface area contributed by atoms with E-state index >= 15 is 0 Å². The van der Waals surface area contributed by atoms with E-state index in [1.807, 2.05) is 0 Å². The number of para-hydroxylation sites is 1. The van der Waals surface area contributed by atoms with Crippen molar-refractivity contribution in [1.29, 1.82) is 0 Å². The summed E-state index contributed by atoms with van der Waals surface area (Å²) in [6.07, 6.45) is 2.74. The molecule has 0 saturated carbocycles. The van der Waals surface area contributed by atoms with Gasteiger partial charge in [0, 0.05) is 19.2 Å². The van der Waals surface area contributed by atoms with Crippen molar-refractivity contribution >= 4 is 23.4 Å². The number of amides is 3. The molecule has 0 bridgehead atoms. The summed E-state index contributed by atoms with van der Waals surface area (Å²) in [6.45, 7) is 0.587. The van der Waals surface area contributed by atoms with Gasteiger partial charge in [-0.05, 0) is 30.7 Å². The molecule has 1 aliphatic rings. The topological polar surface area (TPSA) is 91.4 Å². The van der Waals surface area contributed by atoms with Crippen LogP contribution in [0.4, 0.5) is 5.69 Å². The maximum atomic E-state index is 12.4. The third-order valence-electron chi connectivity index (χ3n) is 3.70. The molecule has 1 aliphatic heterocycles. The number of hydrogen-bond donors (Lipinski definition) is 2. The predicted molar refractivity (Wildman–Crippen MR) is 87.2 cm³/mol. The summed E-state index contributed by atoms with van der Waals surface area (Å²) in [6, 6.07) is 11.7. The first kappa shape index (κ1) is 15.7. The summed E-state index contributed by atoms with van der Waals surface area (Å²) in [5, 5.41) is 0. The number of carbonyl (C=O) groups is 3. The van der Waals surface area contributed by atoms with Crippen LogP contribution in [-0.4, -0.2) is 29.3 Å². The van der Waals surface area contributed by atoms with E-state index in [2.05, 4.69) is 15.8 Å². The summed E-state index contributed by atoms with van der Waals surface area (Å²) in [5.74, 6) is -1.01. The SMILES string of the molecule is O=C(NNC(=O)c1ccccc1N1CCCC1=O)c1ccccn1. The Kier molecular flexibility index (Phi) is 4.51. The Morgan fingerprint density at radius 1 is 1.00 bits per heavy atom. The second-order valence-corrected chi connectivity index (χ2v) is 5.29. The van der Waals surface area contributed by atoms with Crippen molar-refractivity contribution in [2.75, 3.05) is 11.4 Å². The Morgan fingerprint density at radius 2 is 1.75 bits per heavy atom. The highest BCUT2D eigenvalue weighted by atomic mass is 16.2. The van der Waals surface area contributed by atoms with Gasteiger partial charge in [0.15, 0.2) is 0 Å². The molecule has 3 amide bonds. The number of benzene rings is 1. The number of aromatic nitrogens is 1. The van der Waals surface area contributed by atoms with Crippen molar-refractivity contribution in [2.45, 2.75) is 12.8 Å². The fourth-order valence-electron chi connectivity index (χ4n) is 2.55. The number of nitrogens with zero attached hydrogens (tertiary/aromatic N) is 2. The summed E-state index contributed by atoms with van der Waals surface area (Å²) < 4.78 is 0. The Hall–Kier alpha value is -3.22. The summed E-state index contributed by atoms with van der Waals surface area (Å²) in [5.41, 5.74) is 5.75. The fraction of sp³-hybridized carbons (Fsp3) is 0.176. The molecule has 2 N–H and O–H groups in total. The lowest BCUT2D eigenvalue weighted by atomic mass is 10.1. The summed E-state index contributed by atoms with van der Waals surface area (Å²) in [4.78, 5) is 41.7. The van der Waals surface area contributed by atoms with E-state index in [0.717, 1.165) is 6.42 Å². The normalized spacial score (nSPS) is 13.7. The van der Waals surface area contributed by atoms with E-state index in [1.165, 1.54) is 6.20 Å². The van der Waals surface area contributed by atoms with Crippen molar-refractivity contribution in [3.63, 3.8) is 0 Å². The minimum absolute atomic E-state index is 0.00669. The van der Waals surface area contributed by atoms with Gasteiger partial charge in [0.1, 0.15) is 5.69 Å². The molecule has 0 atom stereocenters. The lowest BCUT2D eigenvalue weighted by Gasteiger charge is -2.19. The molecule has 1 aromatic carbocycles. The van der Waals surface area contributed by atoms with Crippen LogP contribution in [0, 0.1) is 0 Å². The highest BCUT2D eigenvalue weighted by Gasteiger charge is 2.25. The maximum Gasteiger partial charge on any atom is 0.288 e. The lowest BCUT2D eigenvalue weighted by Crippen LogP contribution is -2.42. The van der Waals surface area contributed by atoms with Gasteiger partial charge in [0.05, 0.1) is 11.3 Å². The molecular weight excluding hydrogens is 308 g/mol. The van der Waals surface area contributed by atoms with E-state index in [9.17, 15) is 14.4 Å². The molecule has 0 radical (unpaired) electrons. The number of rotatable bonds is 3. The smallest absolute Gasteiger partial charge is 0.288 e. The minimum Gasteiger partial charge on any atom is -0.312 e. The Morgan fingerprint density at radius 3 is 2.46 bits per heavy atom. The third kappa shape index (κ3) is 3.24. The summed E-state index contributed by atoms with van der Waals surface area (Å²) >= 11 is 0. The monoisotopic (exact) mass is 324 g/mol. The highest BCUT2D eigenvalue weighted by Crippen LogP contribution is 2.25. The first-order valence-electron chi connectivity index (χ1n) is 7.58. The van der Waals surface area contributed by atoms with Crippen LogP contribution < -0.4 is 15.8 Å². The van der Waals surface area contributed by atoms with E-state index in [-0.39, 0.29) is 11.6 Å². The van der Waals surface area contributed by atoms with Gasteiger partial charge in [-0.1, -0.05) is 18.2 Å². The molecule has 24 heavy (non-hydrogen) atoms. The third-order valence-corrected chi connectivity index (χ3v) is 3.70. The second-order valence-electron chi connectivity index (χ2n) is 5.29. The first-order chi connectivity index (χ1) is 11.7. The van der Waals surface area contributed by atoms with Crippen LogP contribution in [0.3, 0.4) is 0 Å². The van der Waals surface area contributed by atoms with E-state index in [1.54, 1.807) is 47.4 Å². The van der Waals surface area contributed by atoms with Gasteiger partial charge in [-0.15, -0.1) is 0 Å². The van der Waals surface area contributed by atoms with Crippen molar-refractivity contribution < 1.29 is 14.4 Å². The van der Waals surface area contributed by atoms with Crippen LogP contribution in [0.25, 0.3) is 0 Å². The number of carbonyl (C=O) groups excluding carboxylic acids is 3. The molecule has 1 aromatic heterocycles. The number of hydrogen-bond acceptors (Lipinski definition) is 4. The molecule has 1 saturated heterocycles. The highest BCUT2D eigenvalue weighted by molar-refractivity contribution is 6.06. The van der Waals surface area contributed by atoms with E-state index in [0.29, 0.717) is 24.2 Å². The lowest BCUT2D eigenvalue weighted by molar-refractivity contribution is -0.117. The average molecular weight is 324 g/mol. The first-order valence-corrected chi connectivity index (χ1v) is 7.58. The average Bonchev–Trinajstić information content (AvgIpc) is 3.06. The standard InChI is InChI=1S/C17H16N4O3/c22-15-9-5-11-21(15)14-8-2-1-6-12(14)16(23)19-20-17(24)13-7-3-4-10-18-13/h1-4,6-8,10H,5,9,11H2,(H,19,23)(H,20,24). The molecule has 0 unspecified atom stereocenters. The minimum atomic E-state index is -0.515. The van der Waals surface area contributed by atoms with Crippen LogP contribution in [-0.2, 0) is 4.79 Å². The zero-order valence-corrected chi connectivity index (χ0v) is 12.9. The largest absolute Gasteiger partial charge is 0.312 e. The molecular formula is C17H16N4O3. The Bertz CT molecular complexity index is 776. The zero-order valence-electron chi connectivity index (χ0n) is 12.9. The number of hydrazine groups is 1. The maximum absolute atomic E-state index is 12.4. The molecule has 7 heteroatoms. The van der Waals surface area contributed by atoms with Gasteiger partial charge >= 0.3 is 0 Å². The van der Waals surface area contributed by atoms with Gasteiger partial charge in [0.25, 0.3) is 11.8 Å². The van der Waals surface area contributed by atoms with E-state index in [4.69, 9.17) is 0 Å². The molecule has 0 spiro atoms. The van der Waals surface area contributed by atoms with Gasteiger partial charge in [-0.25, -0.2) is 0 Å². The van der Waals surface area contributed by atoms with E-state index < -0.39 is 11.8 Å². The van der Waals surface area contributed by atoms with Gasteiger partial charge in [0.2, 0.25) is 5.91 Å². The zero-order chi connectivity index (χ0) is 16.9. The molecule has 2 heterocycles. The predicted octanol–water partition coefficient (Wildman–Crippen LogP) is 1.28. The Labute approximate surface area is 138 Å². The Balaban J connectivity index is 1.72. The fourth-order valence-corrected chi connectivity index (χ4v) is 2.55. The molecule has 1 fully saturated rings. The van der Waals surface area contributed by atoms with Crippen molar-refractivity contribution in [3.05, 3.63) is 59.9 Å². The number of anilines is 1. The van der Waals surface area contributed by atoms with Gasteiger partial charge in [-0.2, -0.15) is 0 Å². The van der Waals surface area contributed by atoms with Crippen LogP contribution in [0.15, 0.2) is 48.7 Å².